The molecule has 86 valence electrons. The fraction of sp³-hybridized carbons (Fsp3) is 0.667. The minimum atomic E-state index is -1.17. The Hall–Kier alpha value is -0.800. The molecule has 1 atom stereocenters. The molecule has 0 saturated carbocycles. The van der Waals surface area contributed by atoms with E-state index in [4.69, 9.17) is 9.47 Å². The minimum absolute atomic E-state index is 0.000571. The van der Waals surface area contributed by atoms with E-state index < -0.39 is 5.79 Å². The Labute approximate surface area is 91.4 Å². The molecule has 0 amide bonds. The summed E-state index contributed by atoms with van der Waals surface area (Å²) in [6.45, 7) is 7.74. The third kappa shape index (κ3) is 4.06. The largest absolute Gasteiger partial charge is 0.491 e. The lowest BCUT2D eigenvalue weighted by atomic mass is 10.1. The van der Waals surface area contributed by atoms with Crippen molar-refractivity contribution in [2.45, 2.75) is 52.1 Å². The highest BCUT2D eigenvalue weighted by atomic mass is 16.6. The third-order valence-corrected chi connectivity index (χ3v) is 1.92. The molecule has 0 aromatic heterocycles. The molecule has 1 aliphatic rings. The molecular weight excluding hydrogens is 192 g/mol. The Bertz CT molecular complexity index is 266. The van der Waals surface area contributed by atoms with Crippen molar-refractivity contribution in [1.29, 1.82) is 0 Å². The van der Waals surface area contributed by atoms with Gasteiger partial charge in [-0.1, -0.05) is 0 Å². The van der Waals surface area contributed by atoms with Crippen LogP contribution in [-0.4, -0.2) is 23.1 Å². The molecule has 1 aliphatic carbocycles. The van der Waals surface area contributed by atoms with Crippen LogP contribution in [0.2, 0.25) is 0 Å². The molecular formula is C12H20O3. The van der Waals surface area contributed by atoms with E-state index >= 15 is 0 Å². The minimum Gasteiger partial charge on any atom is -0.491 e. The van der Waals surface area contributed by atoms with Gasteiger partial charge >= 0.3 is 0 Å². The predicted octanol–water partition coefficient (Wildman–Crippen LogP) is 2.37. The van der Waals surface area contributed by atoms with Crippen LogP contribution in [0.4, 0.5) is 0 Å². The summed E-state index contributed by atoms with van der Waals surface area (Å²) in [4.78, 5) is 0. The molecule has 1 unspecified atom stereocenters. The molecule has 0 spiro atoms. The zero-order chi connectivity index (χ0) is 11.5. The highest BCUT2D eigenvalue weighted by molar-refractivity contribution is 5.21. The monoisotopic (exact) mass is 212 g/mol. The van der Waals surface area contributed by atoms with Gasteiger partial charge in [0.15, 0.2) is 5.79 Å². The van der Waals surface area contributed by atoms with Crippen LogP contribution in [0, 0.1) is 0 Å². The molecule has 15 heavy (non-hydrogen) atoms. The van der Waals surface area contributed by atoms with Crippen molar-refractivity contribution in [3.63, 3.8) is 0 Å². The van der Waals surface area contributed by atoms with E-state index in [1.54, 1.807) is 12.2 Å². The molecule has 0 heterocycles. The van der Waals surface area contributed by atoms with E-state index in [2.05, 4.69) is 0 Å². The van der Waals surface area contributed by atoms with Gasteiger partial charge in [0.2, 0.25) is 0 Å². The second-order valence-corrected chi connectivity index (χ2v) is 4.32. The first kappa shape index (κ1) is 12.3. The first-order valence-electron chi connectivity index (χ1n) is 5.37. The predicted molar refractivity (Wildman–Crippen MR) is 59.2 cm³/mol. The highest BCUT2D eigenvalue weighted by Gasteiger charge is 2.27. The lowest BCUT2D eigenvalue weighted by molar-refractivity contribution is -0.187. The smallest absolute Gasteiger partial charge is 0.189 e. The molecule has 0 bridgehead atoms. The van der Waals surface area contributed by atoms with Crippen molar-refractivity contribution in [3.8, 4) is 0 Å². The van der Waals surface area contributed by atoms with Crippen molar-refractivity contribution in [3.05, 3.63) is 24.0 Å². The van der Waals surface area contributed by atoms with Gasteiger partial charge in [-0.15, -0.1) is 0 Å². The van der Waals surface area contributed by atoms with E-state index in [1.807, 2.05) is 33.8 Å². The van der Waals surface area contributed by atoms with Crippen LogP contribution >= 0.6 is 0 Å². The van der Waals surface area contributed by atoms with Crippen LogP contribution in [0.3, 0.4) is 0 Å². The maximum absolute atomic E-state index is 9.98. The zero-order valence-electron chi connectivity index (χ0n) is 9.86. The van der Waals surface area contributed by atoms with Crippen LogP contribution in [0.5, 0.6) is 0 Å². The maximum atomic E-state index is 9.98. The molecule has 0 aliphatic heterocycles. The average Bonchev–Trinajstić information content (AvgIpc) is 2.07. The van der Waals surface area contributed by atoms with Crippen LogP contribution in [-0.2, 0) is 9.47 Å². The number of allylic oxidation sites excluding steroid dienone is 1. The molecule has 0 saturated heterocycles. The van der Waals surface area contributed by atoms with Crippen LogP contribution in [0.1, 0.15) is 34.1 Å². The lowest BCUT2D eigenvalue weighted by Crippen LogP contribution is -2.33. The first-order chi connectivity index (χ1) is 6.91. The normalized spacial score (nSPS) is 25.9. The SMILES string of the molecule is CC(C)OC1=CCC(O)(OC(C)C)C=C1. The molecule has 0 aromatic rings. The van der Waals surface area contributed by atoms with E-state index in [9.17, 15) is 5.11 Å². The summed E-state index contributed by atoms with van der Waals surface area (Å²) in [5.41, 5.74) is 0. The number of ether oxygens (including phenoxy) is 2. The van der Waals surface area contributed by atoms with Gasteiger partial charge in [0.1, 0.15) is 5.76 Å². The number of aliphatic hydroxyl groups is 1. The van der Waals surface area contributed by atoms with Gasteiger partial charge in [-0.05, 0) is 45.9 Å². The summed E-state index contributed by atoms with van der Waals surface area (Å²) in [5.74, 6) is -0.375. The quantitative estimate of drug-likeness (QED) is 0.727. The molecule has 0 fully saturated rings. The van der Waals surface area contributed by atoms with Crippen LogP contribution in [0.15, 0.2) is 24.0 Å². The molecule has 0 aromatic carbocycles. The standard InChI is InChI=1S/C12H20O3/c1-9(2)14-11-5-7-12(13,8-6-11)15-10(3)4/h5-7,9-10,13H,8H2,1-4H3. The summed E-state index contributed by atoms with van der Waals surface area (Å²) < 4.78 is 10.9. The van der Waals surface area contributed by atoms with Crippen LogP contribution in [0.25, 0.3) is 0 Å². The van der Waals surface area contributed by atoms with Crippen molar-refractivity contribution in [2.24, 2.45) is 0 Å². The molecule has 3 heteroatoms. The Kier molecular flexibility index (Phi) is 3.94. The fourth-order valence-electron chi connectivity index (χ4n) is 1.45. The molecule has 3 nitrogen and oxygen atoms in total. The van der Waals surface area contributed by atoms with Gasteiger partial charge in [0, 0.05) is 6.42 Å². The van der Waals surface area contributed by atoms with Gasteiger partial charge in [0.25, 0.3) is 0 Å². The molecule has 1 N–H and O–H groups in total. The van der Waals surface area contributed by atoms with Gasteiger partial charge < -0.3 is 14.6 Å². The van der Waals surface area contributed by atoms with E-state index in [0.29, 0.717) is 6.42 Å². The van der Waals surface area contributed by atoms with Gasteiger partial charge in [-0.25, -0.2) is 0 Å². The highest BCUT2D eigenvalue weighted by Crippen LogP contribution is 2.24. The maximum Gasteiger partial charge on any atom is 0.189 e. The fourth-order valence-corrected chi connectivity index (χ4v) is 1.45. The Morgan fingerprint density at radius 1 is 1.27 bits per heavy atom. The second-order valence-electron chi connectivity index (χ2n) is 4.32. The van der Waals surface area contributed by atoms with Gasteiger partial charge in [-0.2, -0.15) is 0 Å². The summed E-state index contributed by atoms with van der Waals surface area (Å²) in [5, 5.41) is 9.98. The molecule has 1 rings (SSSR count). The van der Waals surface area contributed by atoms with Crippen LogP contribution < -0.4 is 0 Å². The molecule has 0 radical (unpaired) electrons. The topological polar surface area (TPSA) is 38.7 Å². The number of rotatable bonds is 4. The van der Waals surface area contributed by atoms with E-state index in [0.717, 1.165) is 5.76 Å². The van der Waals surface area contributed by atoms with Crippen molar-refractivity contribution >= 4 is 0 Å². The summed E-state index contributed by atoms with van der Waals surface area (Å²) >= 11 is 0. The second kappa shape index (κ2) is 4.81. The number of hydrogen-bond acceptors (Lipinski definition) is 3. The Balaban J connectivity index is 2.54. The lowest BCUT2D eigenvalue weighted by Gasteiger charge is -2.29. The summed E-state index contributed by atoms with van der Waals surface area (Å²) in [6.07, 6.45) is 5.83. The summed E-state index contributed by atoms with van der Waals surface area (Å²) in [7, 11) is 0. The van der Waals surface area contributed by atoms with E-state index in [-0.39, 0.29) is 12.2 Å². The van der Waals surface area contributed by atoms with Gasteiger partial charge in [0.05, 0.1) is 12.2 Å². The van der Waals surface area contributed by atoms with Gasteiger partial charge in [-0.3, -0.25) is 0 Å². The average molecular weight is 212 g/mol. The van der Waals surface area contributed by atoms with E-state index in [1.165, 1.54) is 0 Å². The summed E-state index contributed by atoms with van der Waals surface area (Å²) in [6, 6.07) is 0. The van der Waals surface area contributed by atoms with Crippen molar-refractivity contribution in [2.75, 3.05) is 0 Å². The Morgan fingerprint density at radius 2 is 1.93 bits per heavy atom. The number of hydrogen-bond donors (Lipinski definition) is 1. The Morgan fingerprint density at radius 3 is 2.33 bits per heavy atom. The van der Waals surface area contributed by atoms with Crippen molar-refractivity contribution in [1.82, 2.24) is 0 Å². The van der Waals surface area contributed by atoms with Crippen molar-refractivity contribution < 1.29 is 14.6 Å². The third-order valence-electron chi connectivity index (χ3n) is 1.92. The first-order valence-corrected chi connectivity index (χ1v) is 5.37. The zero-order valence-corrected chi connectivity index (χ0v) is 9.86.